The predicted molar refractivity (Wildman–Crippen MR) is 149 cm³/mol. The highest BCUT2D eigenvalue weighted by atomic mass is 32.2. The van der Waals surface area contributed by atoms with Crippen LogP contribution in [0.1, 0.15) is 73.8 Å². The van der Waals surface area contributed by atoms with Gasteiger partial charge in [0.05, 0.1) is 11.4 Å². The van der Waals surface area contributed by atoms with E-state index in [1.165, 1.54) is 28.2 Å². The Kier molecular flexibility index (Phi) is 7.62. The van der Waals surface area contributed by atoms with Crippen LogP contribution in [0.15, 0.2) is 46.4 Å². The SMILES string of the molecule is CCC1=C(C)CN(C(=O)CCCc2ccc(S(=O)(=O)NC(=O)Nc3c4c(cc5c3CCC5)CCC4)cc2)C1=O. The Labute approximate surface area is 229 Å². The molecule has 2 N–H and O–H groups in total. The lowest BCUT2D eigenvalue weighted by atomic mass is 9.99. The molecule has 0 saturated carbocycles. The van der Waals surface area contributed by atoms with Gasteiger partial charge in [-0.15, -0.1) is 0 Å². The number of benzene rings is 2. The van der Waals surface area contributed by atoms with Crippen molar-refractivity contribution in [1.82, 2.24) is 9.62 Å². The first-order valence-corrected chi connectivity index (χ1v) is 15.3. The van der Waals surface area contributed by atoms with E-state index in [1.54, 1.807) is 12.1 Å². The zero-order chi connectivity index (χ0) is 27.7. The van der Waals surface area contributed by atoms with Crippen LogP contribution in [0.4, 0.5) is 10.5 Å². The number of rotatable bonds is 8. The molecular weight excluding hydrogens is 514 g/mol. The maximum Gasteiger partial charge on any atom is 0.333 e. The van der Waals surface area contributed by atoms with Crippen molar-refractivity contribution in [3.63, 3.8) is 0 Å². The number of anilines is 1. The smallest absolute Gasteiger partial charge is 0.307 e. The van der Waals surface area contributed by atoms with Crippen LogP contribution in [0.5, 0.6) is 0 Å². The normalized spacial score (nSPS) is 16.5. The fourth-order valence-corrected chi connectivity index (χ4v) is 7.01. The van der Waals surface area contributed by atoms with Gasteiger partial charge < -0.3 is 5.32 Å². The fraction of sp³-hybridized carbons (Fsp3) is 0.433. The molecule has 206 valence electrons. The number of carbonyl (C=O) groups is 3. The fourth-order valence-electron chi connectivity index (χ4n) is 6.11. The highest BCUT2D eigenvalue weighted by Gasteiger charge is 2.31. The zero-order valence-corrected chi connectivity index (χ0v) is 23.4. The van der Waals surface area contributed by atoms with Crippen LogP contribution >= 0.6 is 0 Å². The van der Waals surface area contributed by atoms with Crippen LogP contribution < -0.4 is 10.0 Å². The Morgan fingerprint density at radius 1 is 0.974 bits per heavy atom. The monoisotopic (exact) mass is 549 g/mol. The molecule has 2 aliphatic carbocycles. The van der Waals surface area contributed by atoms with Gasteiger partial charge in [-0.1, -0.05) is 25.1 Å². The Morgan fingerprint density at radius 3 is 2.21 bits per heavy atom. The number of nitrogens with zero attached hydrogens (tertiary/aromatic N) is 1. The standard InChI is InChI=1S/C30H35N3O5S/c1-3-24-19(2)18-33(29(24)35)27(34)12-4-7-20-13-15-23(16-14-20)39(37,38)32-30(36)31-28-25-10-5-8-21(25)17-22-9-6-11-26(22)28/h13-17H,3-12,18H2,1-2H3,(H2,31,32,36). The van der Waals surface area contributed by atoms with Crippen molar-refractivity contribution in [2.24, 2.45) is 0 Å². The summed E-state index contributed by atoms with van der Waals surface area (Å²) < 4.78 is 28.0. The number of aryl methyl sites for hydroxylation is 3. The Hall–Kier alpha value is -3.46. The third kappa shape index (κ3) is 5.50. The predicted octanol–water partition coefficient (Wildman–Crippen LogP) is 4.59. The summed E-state index contributed by atoms with van der Waals surface area (Å²) in [4.78, 5) is 39.1. The van der Waals surface area contributed by atoms with E-state index in [0.29, 0.717) is 25.8 Å². The first-order valence-electron chi connectivity index (χ1n) is 13.8. The van der Waals surface area contributed by atoms with Gasteiger partial charge in [0.2, 0.25) is 5.91 Å². The van der Waals surface area contributed by atoms with Gasteiger partial charge in [0.25, 0.3) is 15.9 Å². The van der Waals surface area contributed by atoms with E-state index in [-0.39, 0.29) is 23.1 Å². The van der Waals surface area contributed by atoms with Crippen molar-refractivity contribution in [2.75, 3.05) is 11.9 Å². The Morgan fingerprint density at radius 2 is 1.62 bits per heavy atom. The molecule has 39 heavy (non-hydrogen) atoms. The van der Waals surface area contributed by atoms with Gasteiger partial charge in [-0.25, -0.2) is 17.9 Å². The molecule has 2 aromatic rings. The second-order valence-corrected chi connectivity index (χ2v) is 12.4. The van der Waals surface area contributed by atoms with Crippen molar-refractivity contribution in [3.05, 3.63) is 69.3 Å². The van der Waals surface area contributed by atoms with Gasteiger partial charge in [-0.3, -0.25) is 14.5 Å². The van der Waals surface area contributed by atoms with Gasteiger partial charge >= 0.3 is 6.03 Å². The first-order chi connectivity index (χ1) is 18.7. The minimum Gasteiger partial charge on any atom is -0.307 e. The van der Waals surface area contributed by atoms with Crippen LogP contribution in [-0.4, -0.2) is 37.7 Å². The molecular formula is C30H35N3O5S. The van der Waals surface area contributed by atoms with Crippen molar-refractivity contribution in [3.8, 4) is 0 Å². The number of fused-ring (bicyclic) bond motifs is 2. The number of nitrogens with one attached hydrogen (secondary N) is 2. The highest BCUT2D eigenvalue weighted by Crippen LogP contribution is 2.38. The molecule has 4 amide bonds. The third-order valence-electron chi connectivity index (χ3n) is 8.10. The molecule has 3 aliphatic rings. The summed E-state index contributed by atoms with van der Waals surface area (Å²) >= 11 is 0. The Balaban J connectivity index is 1.16. The molecule has 1 heterocycles. The molecule has 0 fully saturated rings. The molecule has 5 rings (SSSR count). The van der Waals surface area contributed by atoms with Crippen molar-refractivity contribution in [2.45, 2.75) is 83.0 Å². The largest absolute Gasteiger partial charge is 0.333 e. The third-order valence-corrected chi connectivity index (χ3v) is 9.44. The topological polar surface area (TPSA) is 113 Å². The highest BCUT2D eigenvalue weighted by molar-refractivity contribution is 7.90. The maximum atomic E-state index is 12.9. The minimum absolute atomic E-state index is 0.00250. The molecule has 9 heteroatoms. The quantitative estimate of drug-likeness (QED) is 0.500. The van der Waals surface area contributed by atoms with E-state index in [0.717, 1.165) is 72.0 Å². The Bertz CT molecular complexity index is 1440. The van der Waals surface area contributed by atoms with Crippen LogP contribution in [0, 0.1) is 0 Å². The number of carbonyl (C=O) groups excluding carboxylic acids is 3. The summed E-state index contributed by atoms with van der Waals surface area (Å²) in [5.74, 6) is -0.376. The van der Waals surface area contributed by atoms with Crippen molar-refractivity contribution < 1.29 is 22.8 Å². The number of sulfonamides is 1. The van der Waals surface area contributed by atoms with E-state index in [4.69, 9.17) is 0 Å². The summed E-state index contributed by atoms with van der Waals surface area (Å²) in [5.41, 5.74) is 8.13. The average molecular weight is 550 g/mol. The van der Waals surface area contributed by atoms with Gasteiger partial charge in [-0.05, 0) is 110 Å². The molecule has 0 spiro atoms. The van der Waals surface area contributed by atoms with E-state index < -0.39 is 16.1 Å². The molecule has 0 aromatic heterocycles. The lowest BCUT2D eigenvalue weighted by molar-refractivity contribution is -0.141. The van der Waals surface area contributed by atoms with E-state index >= 15 is 0 Å². The lowest BCUT2D eigenvalue weighted by Gasteiger charge is -2.16. The molecule has 1 aliphatic heterocycles. The summed E-state index contributed by atoms with van der Waals surface area (Å²) in [7, 11) is -4.05. The molecule has 0 unspecified atom stereocenters. The van der Waals surface area contributed by atoms with Gasteiger partial charge in [0.15, 0.2) is 0 Å². The number of hydrogen-bond acceptors (Lipinski definition) is 5. The zero-order valence-electron chi connectivity index (χ0n) is 22.6. The first kappa shape index (κ1) is 27.1. The van der Waals surface area contributed by atoms with Gasteiger partial charge in [-0.2, -0.15) is 0 Å². The van der Waals surface area contributed by atoms with Gasteiger partial charge in [0, 0.05) is 17.7 Å². The molecule has 0 bridgehead atoms. The minimum atomic E-state index is -4.05. The molecule has 0 saturated heterocycles. The number of urea groups is 1. The summed E-state index contributed by atoms with van der Waals surface area (Å²) in [6.45, 7) is 4.16. The van der Waals surface area contributed by atoms with Crippen LogP contribution in [0.25, 0.3) is 0 Å². The van der Waals surface area contributed by atoms with E-state index in [9.17, 15) is 22.8 Å². The lowest BCUT2D eigenvalue weighted by Crippen LogP contribution is -2.35. The van der Waals surface area contributed by atoms with Gasteiger partial charge in [0.1, 0.15) is 0 Å². The summed E-state index contributed by atoms with van der Waals surface area (Å²) in [6.07, 6.45) is 7.82. The maximum absolute atomic E-state index is 12.9. The number of hydrogen-bond donors (Lipinski definition) is 2. The van der Waals surface area contributed by atoms with Crippen LogP contribution in [0.3, 0.4) is 0 Å². The van der Waals surface area contributed by atoms with Crippen molar-refractivity contribution >= 4 is 33.6 Å². The average Bonchev–Trinajstić information content (AvgIpc) is 3.63. The van der Waals surface area contributed by atoms with E-state index in [1.807, 2.05) is 13.8 Å². The summed E-state index contributed by atoms with van der Waals surface area (Å²) in [5, 5.41) is 2.86. The summed E-state index contributed by atoms with van der Waals surface area (Å²) in [6, 6.07) is 7.82. The number of imide groups is 1. The van der Waals surface area contributed by atoms with Crippen LogP contribution in [0.2, 0.25) is 0 Å². The molecule has 2 aromatic carbocycles. The second kappa shape index (κ2) is 11.0. The number of amides is 4. The molecule has 0 atom stereocenters. The molecule has 8 nitrogen and oxygen atoms in total. The van der Waals surface area contributed by atoms with Crippen LogP contribution in [-0.2, 0) is 51.7 Å². The van der Waals surface area contributed by atoms with Crippen molar-refractivity contribution in [1.29, 1.82) is 0 Å². The second-order valence-electron chi connectivity index (χ2n) is 10.7. The molecule has 0 radical (unpaired) electrons. The van der Waals surface area contributed by atoms with E-state index in [2.05, 4.69) is 16.1 Å².